The van der Waals surface area contributed by atoms with Gasteiger partial charge in [-0.05, 0) is 25.1 Å². The van der Waals surface area contributed by atoms with Crippen LogP contribution in [0.2, 0.25) is 0 Å². The van der Waals surface area contributed by atoms with Crippen molar-refractivity contribution >= 4 is 17.4 Å². The molecular formula is C18H22F2N4O+2. The van der Waals surface area contributed by atoms with Gasteiger partial charge in [0.1, 0.15) is 26.2 Å². The summed E-state index contributed by atoms with van der Waals surface area (Å²) in [6.45, 7) is 5.20. The Balaban J connectivity index is 1.55. The number of nitrogens with zero attached hydrogens (tertiary/aromatic N) is 1. The number of rotatable bonds is 4. The third-order valence-electron chi connectivity index (χ3n) is 4.63. The van der Waals surface area contributed by atoms with Gasteiger partial charge in [0.15, 0.2) is 17.7 Å². The highest BCUT2D eigenvalue weighted by Gasteiger charge is 2.32. The molecule has 1 aromatic heterocycles. The van der Waals surface area contributed by atoms with Gasteiger partial charge in [-0.2, -0.15) is 0 Å². The van der Waals surface area contributed by atoms with E-state index in [2.05, 4.69) is 15.2 Å². The molecular weight excluding hydrogens is 326 g/mol. The zero-order valence-corrected chi connectivity index (χ0v) is 14.1. The molecule has 2 aromatic rings. The zero-order chi connectivity index (χ0) is 17.8. The predicted octanol–water partition coefficient (Wildman–Crippen LogP) is 0.511. The van der Waals surface area contributed by atoms with Crippen molar-refractivity contribution < 1.29 is 23.5 Å². The van der Waals surface area contributed by atoms with E-state index in [1.165, 1.54) is 11.0 Å². The molecule has 2 heterocycles. The maximum Gasteiger partial charge on any atom is 0.282 e. The number of carbonyl (C=O) groups excluding carboxylic acids is 1. The number of amides is 1. The minimum absolute atomic E-state index is 0.194. The fraction of sp³-hybridized carbons (Fsp3) is 0.333. The summed E-state index contributed by atoms with van der Waals surface area (Å²) in [6, 6.07) is 9.07. The van der Waals surface area contributed by atoms with Crippen molar-refractivity contribution in [2.45, 2.75) is 13.0 Å². The zero-order valence-electron chi connectivity index (χ0n) is 14.1. The number of hydrogen-bond donors (Lipinski definition) is 2. The molecule has 132 valence electrons. The highest BCUT2D eigenvalue weighted by Crippen LogP contribution is 2.13. The Morgan fingerprint density at radius 3 is 2.60 bits per heavy atom. The summed E-state index contributed by atoms with van der Waals surface area (Å²) in [7, 11) is 0. The Hall–Kier alpha value is -2.54. The van der Waals surface area contributed by atoms with Crippen LogP contribution in [0.3, 0.4) is 0 Å². The Labute approximate surface area is 145 Å². The molecule has 25 heavy (non-hydrogen) atoms. The number of aromatic amines is 1. The molecule has 0 spiro atoms. The van der Waals surface area contributed by atoms with Gasteiger partial charge in [-0.15, -0.1) is 0 Å². The largest absolute Gasteiger partial charge is 0.321 e. The van der Waals surface area contributed by atoms with E-state index >= 15 is 0 Å². The predicted molar refractivity (Wildman–Crippen MR) is 90.4 cm³/mol. The highest BCUT2D eigenvalue weighted by atomic mass is 19.2. The number of H-pyrrole nitrogens is 1. The SMILES string of the molecule is C[C@@H](C(=O)Nc1ccc(F)c(F)c1)[NH+]1CCN(c2cccc[nH+]2)CC1. The van der Waals surface area contributed by atoms with Crippen LogP contribution in [-0.4, -0.2) is 38.1 Å². The van der Waals surface area contributed by atoms with Gasteiger partial charge in [-0.25, -0.2) is 13.8 Å². The number of aromatic nitrogens is 1. The summed E-state index contributed by atoms with van der Waals surface area (Å²) < 4.78 is 26.2. The molecule has 0 unspecified atom stereocenters. The van der Waals surface area contributed by atoms with Crippen LogP contribution >= 0.6 is 0 Å². The van der Waals surface area contributed by atoms with Crippen molar-refractivity contribution in [3.63, 3.8) is 0 Å². The second kappa shape index (κ2) is 7.57. The van der Waals surface area contributed by atoms with E-state index in [1.807, 2.05) is 31.3 Å². The Morgan fingerprint density at radius 2 is 1.96 bits per heavy atom. The molecule has 1 aromatic carbocycles. The summed E-state index contributed by atoms with van der Waals surface area (Å²) in [6.07, 6.45) is 1.90. The standard InChI is InChI=1S/C18H20F2N4O/c1-13(18(25)22-14-5-6-15(19)16(20)12-14)23-8-10-24(11-9-23)17-4-2-3-7-21-17/h2-7,12-13H,8-11H2,1H3,(H,22,25)/p+2/t13-/m0/s1. The molecule has 1 fully saturated rings. The van der Waals surface area contributed by atoms with E-state index in [-0.39, 0.29) is 17.6 Å². The molecule has 5 nitrogen and oxygen atoms in total. The molecule has 3 N–H and O–H groups in total. The number of halogens is 2. The van der Waals surface area contributed by atoms with E-state index < -0.39 is 11.6 Å². The van der Waals surface area contributed by atoms with Crippen molar-refractivity contribution in [3.05, 3.63) is 54.2 Å². The number of benzene rings is 1. The molecule has 0 aliphatic carbocycles. The molecule has 1 atom stereocenters. The molecule has 1 aliphatic rings. The number of hydrogen-bond acceptors (Lipinski definition) is 2. The first-order valence-corrected chi connectivity index (χ1v) is 8.37. The molecule has 3 rings (SSSR count). The second-order valence-electron chi connectivity index (χ2n) is 6.23. The van der Waals surface area contributed by atoms with Crippen LogP contribution < -0.4 is 20.1 Å². The number of nitrogens with one attached hydrogen (secondary N) is 3. The second-order valence-corrected chi connectivity index (χ2v) is 6.23. The highest BCUT2D eigenvalue weighted by molar-refractivity contribution is 5.93. The van der Waals surface area contributed by atoms with Gasteiger partial charge in [0.2, 0.25) is 0 Å². The number of carbonyl (C=O) groups is 1. The van der Waals surface area contributed by atoms with Crippen LogP contribution in [0.4, 0.5) is 20.3 Å². The van der Waals surface area contributed by atoms with Crippen molar-refractivity contribution in [1.82, 2.24) is 0 Å². The average molecular weight is 348 g/mol. The molecule has 1 amide bonds. The van der Waals surface area contributed by atoms with Gasteiger partial charge in [0, 0.05) is 17.8 Å². The van der Waals surface area contributed by atoms with Crippen molar-refractivity contribution in [3.8, 4) is 0 Å². The van der Waals surface area contributed by atoms with Gasteiger partial charge >= 0.3 is 0 Å². The normalized spacial score (nSPS) is 16.5. The third kappa shape index (κ3) is 4.11. The fourth-order valence-electron chi connectivity index (χ4n) is 3.06. The molecule has 1 saturated heterocycles. The summed E-state index contributed by atoms with van der Waals surface area (Å²) in [4.78, 5) is 19.0. The van der Waals surface area contributed by atoms with E-state index in [0.29, 0.717) is 0 Å². The topological polar surface area (TPSA) is 50.9 Å². The first-order chi connectivity index (χ1) is 12.0. The van der Waals surface area contributed by atoms with Gasteiger partial charge < -0.3 is 10.2 Å². The van der Waals surface area contributed by atoms with Gasteiger partial charge in [-0.3, -0.25) is 9.69 Å². The smallest absolute Gasteiger partial charge is 0.282 e. The quantitative estimate of drug-likeness (QED) is 0.846. The van der Waals surface area contributed by atoms with Crippen LogP contribution in [0.25, 0.3) is 0 Å². The third-order valence-corrected chi connectivity index (χ3v) is 4.63. The lowest BCUT2D eigenvalue weighted by Gasteiger charge is -2.31. The lowest BCUT2D eigenvalue weighted by Crippen LogP contribution is -3.19. The summed E-state index contributed by atoms with van der Waals surface area (Å²) in [5, 5.41) is 2.66. The van der Waals surface area contributed by atoms with E-state index in [4.69, 9.17) is 0 Å². The number of anilines is 2. The summed E-state index contributed by atoms with van der Waals surface area (Å²) in [5.41, 5.74) is 0.271. The maximum absolute atomic E-state index is 13.2. The van der Waals surface area contributed by atoms with E-state index in [0.717, 1.165) is 44.1 Å². The first-order valence-electron chi connectivity index (χ1n) is 8.37. The van der Waals surface area contributed by atoms with Gasteiger partial charge in [0.25, 0.3) is 11.7 Å². The van der Waals surface area contributed by atoms with E-state index in [9.17, 15) is 13.6 Å². The van der Waals surface area contributed by atoms with Crippen LogP contribution in [0.1, 0.15) is 6.92 Å². The minimum Gasteiger partial charge on any atom is -0.321 e. The number of piperazine rings is 1. The van der Waals surface area contributed by atoms with Crippen LogP contribution in [-0.2, 0) is 4.79 Å². The van der Waals surface area contributed by atoms with Crippen molar-refractivity contribution in [2.75, 3.05) is 36.4 Å². The van der Waals surface area contributed by atoms with Crippen molar-refractivity contribution in [1.29, 1.82) is 0 Å². The Bertz CT molecular complexity index is 733. The Kier molecular flexibility index (Phi) is 5.23. The molecule has 1 aliphatic heterocycles. The summed E-state index contributed by atoms with van der Waals surface area (Å²) in [5.74, 6) is -1.02. The average Bonchev–Trinajstić information content (AvgIpc) is 2.65. The molecule has 0 bridgehead atoms. The summed E-state index contributed by atoms with van der Waals surface area (Å²) >= 11 is 0. The number of pyridine rings is 1. The van der Waals surface area contributed by atoms with E-state index in [1.54, 1.807) is 0 Å². The lowest BCUT2D eigenvalue weighted by molar-refractivity contribution is -0.914. The van der Waals surface area contributed by atoms with Gasteiger partial charge in [0.05, 0.1) is 6.20 Å². The van der Waals surface area contributed by atoms with Crippen LogP contribution in [0, 0.1) is 11.6 Å². The maximum atomic E-state index is 13.2. The van der Waals surface area contributed by atoms with Crippen LogP contribution in [0.5, 0.6) is 0 Å². The van der Waals surface area contributed by atoms with Crippen LogP contribution in [0.15, 0.2) is 42.6 Å². The number of quaternary nitrogens is 1. The first kappa shape index (κ1) is 17.3. The molecule has 0 saturated carbocycles. The van der Waals surface area contributed by atoms with Crippen molar-refractivity contribution in [2.24, 2.45) is 0 Å². The monoisotopic (exact) mass is 348 g/mol. The lowest BCUT2D eigenvalue weighted by atomic mass is 10.2. The minimum atomic E-state index is -0.967. The fourth-order valence-corrected chi connectivity index (χ4v) is 3.06. The molecule has 0 radical (unpaired) electrons. The molecule has 7 heteroatoms. The Morgan fingerprint density at radius 1 is 1.20 bits per heavy atom. The van der Waals surface area contributed by atoms with Gasteiger partial charge in [-0.1, -0.05) is 6.07 Å².